The van der Waals surface area contributed by atoms with E-state index in [0.717, 1.165) is 13.2 Å². The molecule has 5 heteroatoms. The molecule has 0 saturated carbocycles. The second-order valence-corrected chi connectivity index (χ2v) is 1.24. The van der Waals surface area contributed by atoms with E-state index in [1.807, 2.05) is 0 Å². The number of nitrogens with zero attached hydrogens (tertiary/aromatic N) is 3. The van der Waals surface area contributed by atoms with Crippen LogP contribution in [0.4, 0.5) is 8.78 Å². The summed E-state index contributed by atoms with van der Waals surface area (Å²) in [5, 5.41) is 6.59. The molecule has 0 aliphatic heterocycles. The van der Waals surface area contributed by atoms with Crippen molar-refractivity contribution in [2.45, 2.75) is 6.55 Å². The van der Waals surface area contributed by atoms with Gasteiger partial charge in [-0.2, -0.15) is 8.78 Å². The lowest BCUT2D eigenvalue weighted by Crippen LogP contribution is -2.16. The van der Waals surface area contributed by atoms with Gasteiger partial charge >= 0.3 is 6.55 Å². The van der Waals surface area contributed by atoms with Crippen LogP contribution < -0.4 is 0 Å². The topological polar surface area (TPSA) is 28.0 Å². The molecule has 0 atom stereocenters. The number of hydrogen-bond donors (Lipinski definition) is 0. The van der Waals surface area contributed by atoms with E-state index in [0.29, 0.717) is 5.01 Å². The first kappa shape index (κ1) is 8.00. The number of rotatable bonds is 3. The van der Waals surface area contributed by atoms with Gasteiger partial charge in [0.2, 0.25) is 0 Å². The van der Waals surface area contributed by atoms with Gasteiger partial charge in [-0.1, -0.05) is 11.8 Å². The standard InChI is InChI=1S/C4H7F2N3/c1-3-7-8-9(2)4(5)6/h3-4H,1H2,2H3/b8-7-. The summed E-state index contributed by atoms with van der Waals surface area (Å²) in [6.07, 6.45) is 1.08. The molecule has 0 aromatic rings. The van der Waals surface area contributed by atoms with Gasteiger partial charge in [-0.15, -0.1) is 5.11 Å². The minimum absolute atomic E-state index is 0.432. The maximum absolute atomic E-state index is 11.5. The van der Waals surface area contributed by atoms with Gasteiger partial charge in [0.05, 0.1) is 0 Å². The summed E-state index contributed by atoms with van der Waals surface area (Å²) in [4.78, 5) is 0. The SMILES string of the molecule is C=C/N=N\N(C)C(F)F. The molecule has 0 rings (SSSR count). The molecule has 0 aromatic carbocycles. The number of alkyl halides is 2. The Bertz CT molecular complexity index is 112. The fourth-order valence-electron chi connectivity index (χ4n) is 0.157. The number of halogens is 2. The first-order valence-corrected chi connectivity index (χ1v) is 2.21. The Balaban J connectivity index is 3.61. The van der Waals surface area contributed by atoms with Gasteiger partial charge in [-0.05, 0) is 0 Å². The van der Waals surface area contributed by atoms with E-state index < -0.39 is 6.55 Å². The molecule has 0 heterocycles. The van der Waals surface area contributed by atoms with Gasteiger partial charge in [0.1, 0.15) is 0 Å². The van der Waals surface area contributed by atoms with Gasteiger partial charge in [-0.3, -0.25) is 0 Å². The van der Waals surface area contributed by atoms with E-state index in [1.165, 1.54) is 0 Å². The van der Waals surface area contributed by atoms with Crippen LogP contribution in [0.15, 0.2) is 23.1 Å². The van der Waals surface area contributed by atoms with Gasteiger partial charge in [-0.25, -0.2) is 5.01 Å². The van der Waals surface area contributed by atoms with E-state index in [4.69, 9.17) is 0 Å². The van der Waals surface area contributed by atoms with Crippen LogP contribution in [0.25, 0.3) is 0 Å². The van der Waals surface area contributed by atoms with Gasteiger partial charge in [0.25, 0.3) is 0 Å². The van der Waals surface area contributed by atoms with Crippen molar-refractivity contribution in [3.8, 4) is 0 Å². The van der Waals surface area contributed by atoms with Gasteiger partial charge < -0.3 is 0 Å². The summed E-state index contributed by atoms with van der Waals surface area (Å²) >= 11 is 0. The zero-order valence-electron chi connectivity index (χ0n) is 4.96. The lowest BCUT2D eigenvalue weighted by molar-refractivity contribution is -0.0129. The smallest absolute Gasteiger partial charge is 0.221 e. The highest BCUT2D eigenvalue weighted by atomic mass is 19.3. The zero-order chi connectivity index (χ0) is 7.28. The van der Waals surface area contributed by atoms with Crippen LogP contribution in [0.1, 0.15) is 0 Å². The Morgan fingerprint density at radius 1 is 1.67 bits per heavy atom. The highest BCUT2D eigenvalue weighted by Gasteiger charge is 2.05. The minimum Gasteiger partial charge on any atom is -0.221 e. The third-order valence-electron chi connectivity index (χ3n) is 0.557. The van der Waals surface area contributed by atoms with Crippen molar-refractivity contribution in [3.05, 3.63) is 12.8 Å². The van der Waals surface area contributed by atoms with Crippen molar-refractivity contribution >= 4 is 0 Å². The average Bonchev–Trinajstić information content (AvgIpc) is 1.82. The molecule has 0 unspecified atom stereocenters. The molecule has 0 fully saturated rings. The summed E-state index contributed by atoms with van der Waals surface area (Å²) in [6, 6.07) is 0. The molecule has 3 nitrogen and oxygen atoms in total. The number of hydrogen-bond acceptors (Lipinski definition) is 2. The lowest BCUT2D eigenvalue weighted by Gasteiger charge is -2.06. The molecule has 0 N–H and O–H groups in total. The fraction of sp³-hybridized carbons (Fsp3) is 0.500. The fourth-order valence-corrected chi connectivity index (χ4v) is 0.157. The Hall–Kier alpha value is -1.00. The quantitative estimate of drug-likeness (QED) is 0.328. The average molecular weight is 135 g/mol. The Labute approximate surface area is 51.7 Å². The van der Waals surface area contributed by atoms with Crippen LogP contribution in [0, 0.1) is 0 Å². The largest absolute Gasteiger partial charge is 0.330 e. The summed E-state index contributed by atoms with van der Waals surface area (Å²) < 4.78 is 23.0. The maximum Gasteiger partial charge on any atom is 0.330 e. The van der Waals surface area contributed by atoms with Crippen LogP contribution in [0.3, 0.4) is 0 Å². The summed E-state index contributed by atoms with van der Waals surface area (Å²) in [6.45, 7) is 0.557. The van der Waals surface area contributed by atoms with E-state index >= 15 is 0 Å². The summed E-state index contributed by atoms with van der Waals surface area (Å²) in [5.74, 6) is 0. The normalized spacial score (nSPS) is 10.7. The third-order valence-corrected chi connectivity index (χ3v) is 0.557. The van der Waals surface area contributed by atoms with Crippen LogP contribution in [0.5, 0.6) is 0 Å². The molecule has 9 heavy (non-hydrogen) atoms. The van der Waals surface area contributed by atoms with E-state index in [2.05, 4.69) is 16.9 Å². The predicted molar refractivity (Wildman–Crippen MR) is 28.8 cm³/mol. The Kier molecular flexibility index (Phi) is 3.50. The molecule has 0 aliphatic carbocycles. The van der Waals surface area contributed by atoms with Crippen LogP contribution in [-0.4, -0.2) is 18.6 Å². The molecular formula is C4H7F2N3. The third kappa shape index (κ3) is 3.57. The first-order chi connectivity index (χ1) is 4.18. The van der Waals surface area contributed by atoms with Crippen molar-refractivity contribution in [3.63, 3.8) is 0 Å². The molecule has 0 aromatic heterocycles. The molecule has 0 aliphatic rings. The lowest BCUT2D eigenvalue weighted by atomic mass is 11.1. The molecule has 0 bridgehead atoms. The zero-order valence-corrected chi connectivity index (χ0v) is 4.96. The molecular weight excluding hydrogens is 128 g/mol. The predicted octanol–water partition coefficient (Wildman–Crippen LogP) is 1.65. The first-order valence-electron chi connectivity index (χ1n) is 2.21. The van der Waals surface area contributed by atoms with Crippen molar-refractivity contribution in [2.75, 3.05) is 7.05 Å². The maximum atomic E-state index is 11.5. The van der Waals surface area contributed by atoms with Crippen LogP contribution in [0.2, 0.25) is 0 Å². The monoisotopic (exact) mass is 135 g/mol. The highest BCUT2D eigenvalue weighted by Crippen LogP contribution is 1.98. The molecule has 0 saturated heterocycles. The summed E-state index contributed by atoms with van der Waals surface area (Å²) in [7, 11) is 1.12. The Morgan fingerprint density at radius 2 is 2.22 bits per heavy atom. The molecule has 0 radical (unpaired) electrons. The molecule has 0 spiro atoms. The van der Waals surface area contributed by atoms with E-state index in [-0.39, 0.29) is 0 Å². The van der Waals surface area contributed by atoms with Crippen molar-refractivity contribution in [2.24, 2.45) is 10.3 Å². The van der Waals surface area contributed by atoms with Crippen molar-refractivity contribution in [1.82, 2.24) is 5.01 Å². The van der Waals surface area contributed by atoms with Crippen LogP contribution in [-0.2, 0) is 0 Å². The second kappa shape index (κ2) is 3.94. The second-order valence-electron chi connectivity index (χ2n) is 1.24. The Morgan fingerprint density at radius 3 is 2.56 bits per heavy atom. The van der Waals surface area contributed by atoms with E-state index in [1.54, 1.807) is 0 Å². The summed E-state index contributed by atoms with van der Waals surface area (Å²) in [5.41, 5.74) is 0. The van der Waals surface area contributed by atoms with Gasteiger partial charge in [0, 0.05) is 13.2 Å². The molecule has 0 amide bonds. The van der Waals surface area contributed by atoms with Crippen LogP contribution >= 0.6 is 0 Å². The molecule has 52 valence electrons. The minimum atomic E-state index is -2.60. The van der Waals surface area contributed by atoms with E-state index in [9.17, 15) is 8.78 Å². The van der Waals surface area contributed by atoms with Crippen molar-refractivity contribution < 1.29 is 8.78 Å². The highest BCUT2D eigenvalue weighted by molar-refractivity contribution is 4.56. The van der Waals surface area contributed by atoms with Crippen molar-refractivity contribution in [1.29, 1.82) is 0 Å². The van der Waals surface area contributed by atoms with Gasteiger partial charge in [0.15, 0.2) is 0 Å².